The number of carboxylic acids is 1. The van der Waals surface area contributed by atoms with E-state index in [4.69, 9.17) is 34.1 Å². The number of guanidine groups is 1. The van der Waals surface area contributed by atoms with Gasteiger partial charge in [-0.15, -0.1) is 0 Å². The van der Waals surface area contributed by atoms with Crippen molar-refractivity contribution in [2.45, 2.75) is 307 Å². The molecule has 812 valence electrons. The lowest BCUT2D eigenvalue weighted by Gasteiger charge is -2.31. The maximum Gasteiger partial charge on any atom is 0.303 e. The molecule has 0 bridgehead atoms. The van der Waals surface area contributed by atoms with Crippen LogP contribution in [0.25, 0.3) is 0 Å². The topological polar surface area (TPSA) is 842 Å². The number of aromatic amines is 1. The number of carbonyl (C=O) groups is 21. The van der Waals surface area contributed by atoms with Crippen molar-refractivity contribution in [2.75, 3.05) is 58.0 Å². The number of aromatic nitrogens is 2. The number of benzene rings is 1. The lowest BCUT2D eigenvalue weighted by atomic mass is 9.99. The predicted molar refractivity (Wildman–Crippen MR) is 529 cm³/mol. The van der Waals surface area contributed by atoms with Crippen LogP contribution in [-0.2, 0) is 114 Å². The number of aliphatic hydroxyl groups excluding tert-OH is 3. The van der Waals surface area contributed by atoms with Crippen molar-refractivity contribution >= 4 is 142 Å². The molecule has 20 amide bonds. The smallest absolute Gasteiger partial charge is 0.303 e. The van der Waals surface area contributed by atoms with E-state index in [9.17, 15) is 121 Å². The molecule has 145 heavy (non-hydrogen) atoms. The Morgan fingerprint density at radius 1 is 0.441 bits per heavy atom. The highest BCUT2D eigenvalue weighted by Crippen LogP contribution is 2.23. The number of H-pyrrole nitrogens is 1. The molecule has 0 spiro atoms. The summed E-state index contributed by atoms with van der Waals surface area (Å²) in [7, 11) is 0. The SMILES string of the molecule is CSCC[C@H](NC(=O)[C@H](CCC(=O)O)NC(=O)[C@H](CCCCN)NC(=O)[C@H](CO)NC(=O)[C@H](CCCNC(=N)N)NC(=O)[C@H](CCCCN)NC(=O)[C@H](CO)NC(=O)[C@@H](NC(=O)[C@H](Cc1cnc[nH]1)NC(=O)[C@H](CC(C)C)NC(=O)[C@H](CCC(N)=O)NC(=O)[C@@H](NC(=O)[C@H](C)NC(=O)[C@H](CC(C)C)NC(=O)[C@@H]1CCCN1C(=O)[C@H](Cc1ccccc1)NC(=O)[C@H](CO)NC(=O)[C@H](C)NC(C)=O)C(C)C)C(C)C)C(N)=O. The number of unbranched alkanes of at least 4 members (excludes halogenated alkanes) is 2. The van der Waals surface area contributed by atoms with Crippen LogP contribution in [-0.4, -0.2) is 332 Å². The number of aliphatic carboxylic acids is 1. The number of aliphatic hydroxyl groups is 3. The molecule has 1 saturated heterocycles. The van der Waals surface area contributed by atoms with E-state index in [1.165, 1.54) is 63.8 Å². The summed E-state index contributed by atoms with van der Waals surface area (Å²) in [5, 5.41) is 94.0. The van der Waals surface area contributed by atoms with Crippen LogP contribution in [0.3, 0.4) is 0 Å². The molecule has 2 aromatic rings. The van der Waals surface area contributed by atoms with Crippen LogP contribution < -0.4 is 124 Å². The van der Waals surface area contributed by atoms with Gasteiger partial charge < -0.3 is 155 Å². The number of carbonyl (C=O) groups excluding carboxylic acids is 20. The zero-order valence-corrected chi connectivity index (χ0v) is 85.2. The molecule has 0 unspecified atom stereocenters. The van der Waals surface area contributed by atoms with Gasteiger partial charge in [0, 0.05) is 57.6 Å². The van der Waals surface area contributed by atoms with Gasteiger partial charge in [0.05, 0.1) is 26.1 Å². The molecule has 52 nitrogen and oxygen atoms in total. The zero-order chi connectivity index (χ0) is 109. The summed E-state index contributed by atoms with van der Waals surface area (Å²) in [6, 6.07) is -18.7. The minimum absolute atomic E-state index is 0.0113. The number of hydrogen-bond donors (Lipinski definition) is 29. The van der Waals surface area contributed by atoms with Gasteiger partial charge in [0.15, 0.2) is 5.96 Å². The van der Waals surface area contributed by atoms with Gasteiger partial charge in [-0.25, -0.2) is 4.98 Å². The highest BCUT2D eigenvalue weighted by atomic mass is 32.2. The fourth-order valence-electron chi connectivity index (χ4n) is 15.2. The number of hydrogen-bond acceptors (Lipinski definition) is 29. The molecule has 1 aromatic carbocycles. The molecule has 0 radical (unpaired) electrons. The summed E-state index contributed by atoms with van der Waals surface area (Å²) in [6.45, 7) is 13.9. The van der Waals surface area contributed by atoms with Crippen LogP contribution in [0.2, 0.25) is 0 Å². The second-order valence-electron chi connectivity index (χ2n) is 37.0. The van der Waals surface area contributed by atoms with Crippen LogP contribution in [0.1, 0.15) is 197 Å². The molecule has 1 aliphatic rings. The Morgan fingerprint density at radius 2 is 0.828 bits per heavy atom. The van der Waals surface area contributed by atoms with Gasteiger partial charge in [-0.05, 0) is 164 Å². The van der Waals surface area contributed by atoms with Crippen molar-refractivity contribution in [2.24, 2.45) is 52.3 Å². The Balaban J connectivity index is 1.90. The molecule has 0 aliphatic carbocycles. The second kappa shape index (κ2) is 65.9. The van der Waals surface area contributed by atoms with Gasteiger partial charge in [0.1, 0.15) is 109 Å². The Kier molecular flexibility index (Phi) is 57.2. The van der Waals surface area contributed by atoms with Crippen molar-refractivity contribution < 1.29 is 121 Å². The number of thioether (sulfide) groups is 1. The number of amides is 20. The Labute approximate surface area is 846 Å². The van der Waals surface area contributed by atoms with Crippen LogP contribution in [0, 0.1) is 29.1 Å². The third-order valence-electron chi connectivity index (χ3n) is 23.2. The van der Waals surface area contributed by atoms with Crippen LogP contribution in [0.15, 0.2) is 42.9 Å². The number of nitrogens with one attached hydrogen (secondary N) is 20. The number of primary amides is 2. The van der Waals surface area contributed by atoms with Crippen molar-refractivity contribution in [1.82, 2.24) is 111 Å². The lowest BCUT2D eigenvalue weighted by Crippen LogP contribution is -2.62. The summed E-state index contributed by atoms with van der Waals surface area (Å²) < 4.78 is 0. The molecular formula is C92H153N27O25S. The first-order valence-electron chi connectivity index (χ1n) is 48.5. The van der Waals surface area contributed by atoms with Crippen LogP contribution in [0.4, 0.5) is 0 Å². The Hall–Kier alpha value is -13.3. The number of imidazole rings is 1. The van der Waals surface area contributed by atoms with E-state index in [0.29, 0.717) is 24.2 Å². The highest BCUT2D eigenvalue weighted by Gasteiger charge is 2.44. The molecule has 1 aliphatic heterocycles. The highest BCUT2D eigenvalue weighted by molar-refractivity contribution is 7.98. The number of nitrogens with two attached hydrogens (primary N) is 5. The monoisotopic (exact) mass is 2070 g/mol. The number of carboxylic acid groups (broad SMARTS) is 1. The predicted octanol–water partition coefficient (Wildman–Crippen LogP) is -8.24. The zero-order valence-electron chi connectivity index (χ0n) is 84.4. The first-order chi connectivity index (χ1) is 68.4. The molecule has 2 heterocycles. The van der Waals surface area contributed by atoms with Crippen LogP contribution >= 0.6 is 11.8 Å². The third kappa shape index (κ3) is 46.1. The first kappa shape index (κ1) is 126. The minimum atomic E-state index is -1.89. The molecule has 3 rings (SSSR count). The van der Waals surface area contributed by atoms with Gasteiger partial charge in [-0.2, -0.15) is 11.8 Å². The van der Waals surface area contributed by atoms with Crippen molar-refractivity contribution in [3.05, 3.63) is 54.1 Å². The molecule has 53 heteroatoms. The summed E-state index contributed by atoms with van der Waals surface area (Å²) >= 11 is 1.34. The first-order valence-corrected chi connectivity index (χ1v) is 49.9. The second-order valence-corrected chi connectivity index (χ2v) is 38.0. The summed E-state index contributed by atoms with van der Waals surface area (Å²) in [5.41, 5.74) is 29.0. The Morgan fingerprint density at radius 3 is 1.26 bits per heavy atom. The van der Waals surface area contributed by atoms with Gasteiger partial charge in [-0.3, -0.25) is 106 Å². The van der Waals surface area contributed by atoms with E-state index >= 15 is 0 Å². The van der Waals surface area contributed by atoms with Gasteiger partial charge >= 0.3 is 5.97 Å². The number of likely N-dealkylation sites (tertiary alicyclic amines) is 1. The molecule has 1 fully saturated rings. The number of rotatable bonds is 69. The third-order valence-corrected chi connectivity index (χ3v) is 23.8. The van der Waals surface area contributed by atoms with Gasteiger partial charge in [-0.1, -0.05) is 85.7 Å². The quantitative estimate of drug-likeness (QED) is 0.0166. The molecule has 18 atom stereocenters. The van der Waals surface area contributed by atoms with Crippen molar-refractivity contribution in [1.29, 1.82) is 5.41 Å². The Bertz CT molecular complexity index is 4630. The maximum absolute atomic E-state index is 14.8. The molecule has 0 saturated carbocycles. The van der Waals surface area contributed by atoms with Crippen LogP contribution in [0.5, 0.6) is 0 Å². The number of nitrogens with zero attached hydrogens (tertiary/aromatic N) is 2. The fourth-order valence-corrected chi connectivity index (χ4v) is 15.7. The van der Waals surface area contributed by atoms with E-state index in [-0.39, 0.29) is 121 Å². The average molecular weight is 2070 g/mol. The fraction of sp³-hybridized carbons (Fsp3) is 0.663. The summed E-state index contributed by atoms with van der Waals surface area (Å²) in [6.07, 6.45) is 2.46. The molecule has 1 aromatic heterocycles. The van der Waals surface area contributed by atoms with E-state index in [1.807, 2.05) is 0 Å². The standard InChI is InChI=1S/C92H153N27O25S/c1-47(2)38-62(112-88(141)69-27-21-36-119(69)91(144)65(40-54-22-14-13-15-23-54)113-87(140)66(43-120)114-75(128)51(9)102-53(11)123)82(135)103-52(10)76(129)117-72(49(5)6)89(142)109-60(28-30-70(95)124)81(134)110-63(39-48(3)4)83(136)111-64(41-55-42-99-46-101-55)84(137)118-73(50(7)8)90(143)116-68(45-122)86(139)107-57(24-16-18-33-93)77(130)105-59(26-20-35-100-92(97)98)79(132)115-67(44-121)85(138)106-58(25-17-19-34-94)78(131)108-61(29-31-71(125)126)80(133)104-56(74(96)127)32-37-145-12/h13-15,22-23,42,46-52,56-69,72-73,120-122H,16-21,24-41,43-45,93-94H2,1-12H3,(H2,95,124)(H2,96,127)(H,99,101)(H,102,123)(H,103,135)(H,104,133)(H,105,130)(H,106,138)(H,107,139)(H,108,131)(H,109,142)(H,110,134)(H,111,136)(H,112,141)(H,113,140)(H,114,128)(H,115,132)(H,116,143)(H,117,129)(H,118,137)(H,125,126)(H4,97,98,100)/t51-,52-,56-,57-,58-,59-,60-,61-,62-,63-,64-,65-,66-,67-,68-,69-,72-,73-/m0/s1. The molecular weight excluding hydrogens is 1920 g/mol. The van der Waals surface area contributed by atoms with E-state index < -0.39 is 302 Å². The van der Waals surface area contributed by atoms with E-state index in [2.05, 4.69) is 106 Å². The largest absolute Gasteiger partial charge is 0.481 e. The molecule has 34 N–H and O–H groups in total. The summed E-state index contributed by atoms with van der Waals surface area (Å²) in [4.78, 5) is 299. The van der Waals surface area contributed by atoms with E-state index in [0.717, 1.165) is 0 Å². The lowest BCUT2D eigenvalue weighted by molar-refractivity contribution is -0.142. The maximum atomic E-state index is 14.8. The van der Waals surface area contributed by atoms with Crippen molar-refractivity contribution in [3.8, 4) is 0 Å². The van der Waals surface area contributed by atoms with Gasteiger partial charge in [0.2, 0.25) is 118 Å². The van der Waals surface area contributed by atoms with E-state index in [1.54, 1.807) is 78.1 Å². The summed E-state index contributed by atoms with van der Waals surface area (Å²) in [5.74, 6) is -22.7. The van der Waals surface area contributed by atoms with Gasteiger partial charge in [0.25, 0.3) is 0 Å². The normalized spacial score (nSPS) is 15.8. The minimum Gasteiger partial charge on any atom is -0.481 e. The van der Waals surface area contributed by atoms with Crippen molar-refractivity contribution in [3.63, 3.8) is 0 Å². The average Bonchev–Trinajstić information content (AvgIpc) is 1.70.